The third kappa shape index (κ3) is 4.57. The largest absolute Gasteiger partial charge is 0.508 e. The van der Waals surface area contributed by atoms with E-state index < -0.39 is 6.09 Å². The summed E-state index contributed by atoms with van der Waals surface area (Å²) < 4.78 is 5.56. The van der Waals surface area contributed by atoms with Crippen LogP contribution in [0, 0.1) is 0 Å². The van der Waals surface area contributed by atoms with Gasteiger partial charge >= 0.3 is 6.09 Å². The van der Waals surface area contributed by atoms with Crippen molar-refractivity contribution in [3.05, 3.63) is 120 Å². The highest BCUT2D eigenvalue weighted by molar-refractivity contribution is 5.79. The number of carbonyl (C=O) groups excluding carboxylic acids is 1. The molecule has 0 heterocycles. The molecule has 168 valence electrons. The van der Waals surface area contributed by atoms with Crippen molar-refractivity contribution in [3.63, 3.8) is 0 Å². The van der Waals surface area contributed by atoms with Gasteiger partial charge in [0.1, 0.15) is 12.4 Å². The first kappa shape index (κ1) is 21.5. The maximum Gasteiger partial charge on any atom is 0.407 e. The van der Waals surface area contributed by atoms with Crippen LogP contribution in [0.4, 0.5) is 4.79 Å². The summed E-state index contributed by atoms with van der Waals surface area (Å²) in [4.78, 5) is 12.3. The molecule has 0 saturated heterocycles. The molecule has 0 atom stereocenters. The number of benzene rings is 4. The second-order valence-electron chi connectivity index (χ2n) is 8.28. The lowest BCUT2D eigenvalue weighted by molar-refractivity contribution is 0.144. The molecule has 5 rings (SSSR count). The van der Waals surface area contributed by atoms with Crippen molar-refractivity contribution >= 4 is 12.2 Å². The molecule has 1 amide bonds. The Morgan fingerprint density at radius 3 is 1.97 bits per heavy atom. The molecule has 1 aliphatic carbocycles. The number of rotatable bonds is 6. The minimum atomic E-state index is -0.422. The molecule has 0 aromatic heterocycles. The van der Waals surface area contributed by atoms with Gasteiger partial charge in [-0.15, -0.1) is 0 Å². The molecular formula is C30H25NO3. The number of fused-ring (bicyclic) bond motifs is 3. The monoisotopic (exact) mass is 447 g/mol. The van der Waals surface area contributed by atoms with Crippen LogP contribution in [-0.4, -0.2) is 24.4 Å². The van der Waals surface area contributed by atoms with Gasteiger partial charge < -0.3 is 15.2 Å². The maximum absolute atomic E-state index is 12.3. The van der Waals surface area contributed by atoms with Crippen molar-refractivity contribution in [1.29, 1.82) is 0 Å². The van der Waals surface area contributed by atoms with Crippen LogP contribution in [0.3, 0.4) is 0 Å². The van der Waals surface area contributed by atoms with Gasteiger partial charge in [-0.05, 0) is 51.1 Å². The van der Waals surface area contributed by atoms with Gasteiger partial charge in [0, 0.05) is 12.5 Å². The standard InChI is InChI=1S/C30H25NO3/c32-24-17-15-23(16-18-24)22-13-11-21(12-14-22)6-5-19-31-30(33)34-20-29-27-9-3-1-7-25(27)26-8-2-4-10-28(26)29/h1-18,29,32H,19-20H2,(H,31,33). The number of phenolic OH excluding ortho intramolecular Hbond substituents is 1. The summed E-state index contributed by atoms with van der Waals surface area (Å²) in [5.74, 6) is 0.313. The molecule has 1 aliphatic rings. The molecule has 34 heavy (non-hydrogen) atoms. The smallest absolute Gasteiger partial charge is 0.407 e. The molecule has 0 saturated carbocycles. The molecule has 0 spiro atoms. The van der Waals surface area contributed by atoms with E-state index in [2.05, 4.69) is 29.6 Å². The van der Waals surface area contributed by atoms with Gasteiger partial charge in [-0.1, -0.05) is 97.1 Å². The third-order valence-corrected chi connectivity index (χ3v) is 6.13. The van der Waals surface area contributed by atoms with E-state index in [0.29, 0.717) is 13.2 Å². The first-order valence-corrected chi connectivity index (χ1v) is 11.3. The van der Waals surface area contributed by atoms with Crippen LogP contribution in [0.1, 0.15) is 22.6 Å². The zero-order valence-corrected chi connectivity index (χ0v) is 18.6. The van der Waals surface area contributed by atoms with E-state index in [9.17, 15) is 9.90 Å². The number of carbonyl (C=O) groups is 1. The number of hydrogen-bond donors (Lipinski definition) is 2. The Hall–Kier alpha value is -4.31. The lowest BCUT2D eigenvalue weighted by Crippen LogP contribution is -2.26. The van der Waals surface area contributed by atoms with E-state index in [4.69, 9.17) is 4.74 Å². The summed E-state index contributed by atoms with van der Waals surface area (Å²) in [5.41, 5.74) is 7.99. The van der Waals surface area contributed by atoms with Crippen LogP contribution >= 0.6 is 0 Å². The molecule has 4 heteroatoms. The van der Waals surface area contributed by atoms with Crippen molar-refractivity contribution in [3.8, 4) is 28.0 Å². The van der Waals surface area contributed by atoms with E-state index in [0.717, 1.165) is 16.7 Å². The summed E-state index contributed by atoms with van der Waals surface area (Å²) in [5, 5.41) is 12.2. The predicted octanol–water partition coefficient (Wildman–Crippen LogP) is 6.61. The fraction of sp³-hybridized carbons (Fsp3) is 0.100. The van der Waals surface area contributed by atoms with Crippen LogP contribution in [-0.2, 0) is 4.74 Å². The lowest BCUT2D eigenvalue weighted by Gasteiger charge is -2.14. The van der Waals surface area contributed by atoms with Crippen LogP contribution in [0.25, 0.3) is 28.3 Å². The average molecular weight is 448 g/mol. The first-order valence-electron chi connectivity index (χ1n) is 11.3. The minimum Gasteiger partial charge on any atom is -0.508 e. The Kier molecular flexibility index (Phi) is 6.13. The summed E-state index contributed by atoms with van der Waals surface area (Å²) in [6.07, 6.45) is 3.44. The van der Waals surface area contributed by atoms with Gasteiger partial charge in [0.25, 0.3) is 0 Å². The lowest BCUT2D eigenvalue weighted by atomic mass is 9.98. The van der Waals surface area contributed by atoms with E-state index >= 15 is 0 Å². The zero-order chi connectivity index (χ0) is 23.3. The van der Waals surface area contributed by atoms with Crippen molar-refractivity contribution in [2.75, 3.05) is 13.2 Å². The molecule has 4 aromatic rings. The van der Waals surface area contributed by atoms with Gasteiger partial charge in [-0.25, -0.2) is 4.79 Å². The van der Waals surface area contributed by atoms with Crippen LogP contribution in [0.15, 0.2) is 103 Å². The van der Waals surface area contributed by atoms with E-state index in [-0.39, 0.29) is 11.7 Å². The Labute approximate surface area is 199 Å². The number of phenols is 1. The SMILES string of the molecule is O=C(NCC=Cc1ccc(-c2ccc(O)cc2)cc1)OCC1c2ccccc2-c2ccccc21. The highest BCUT2D eigenvalue weighted by Crippen LogP contribution is 2.44. The van der Waals surface area contributed by atoms with Gasteiger partial charge in [0.05, 0.1) is 0 Å². The Morgan fingerprint density at radius 2 is 1.35 bits per heavy atom. The molecule has 0 aliphatic heterocycles. The first-order chi connectivity index (χ1) is 16.7. The average Bonchev–Trinajstić information content (AvgIpc) is 3.20. The van der Waals surface area contributed by atoms with Crippen molar-refractivity contribution in [1.82, 2.24) is 5.32 Å². The second-order valence-corrected chi connectivity index (χ2v) is 8.28. The summed E-state index contributed by atoms with van der Waals surface area (Å²) in [6, 6.07) is 31.8. The normalized spacial score (nSPS) is 12.4. The number of hydrogen-bond acceptors (Lipinski definition) is 3. The zero-order valence-electron chi connectivity index (χ0n) is 18.6. The second kappa shape index (κ2) is 9.67. The highest BCUT2D eigenvalue weighted by Gasteiger charge is 2.28. The van der Waals surface area contributed by atoms with Gasteiger partial charge in [-0.2, -0.15) is 0 Å². The van der Waals surface area contributed by atoms with E-state index in [1.165, 1.54) is 22.3 Å². The van der Waals surface area contributed by atoms with Crippen molar-refractivity contribution in [2.45, 2.75) is 5.92 Å². The molecule has 4 aromatic carbocycles. The molecule has 2 N–H and O–H groups in total. The molecule has 4 nitrogen and oxygen atoms in total. The quantitative estimate of drug-likeness (QED) is 0.350. The van der Waals surface area contributed by atoms with Crippen molar-refractivity contribution < 1.29 is 14.6 Å². The van der Waals surface area contributed by atoms with Crippen molar-refractivity contribution in [2.24, 2.45) is 0 Å². The number of ether oxygens (including phenoxy) is 1. The summed E-state index contributed by atoms with van der Waals surface area (Å²) in [6.45, 7) is 0.693. The Balaban J connectivity index is 1.13. The number of amides is 1. The highest BCUT2D eigenvalue weighted by atomic mass is 16.5. The maximum atomic E-state index is 12.3. The van der Waals surface area contributed by atoms with Gasteiger partial charge in [0.15, 0.2) is 0 Å². The van der Waals surface area contributed by atoms with Crippen LogP contribution in [0.5, 0.6) is 5.75 Å². The third-order valence-electron chi connectivity index (χ3n) is 6.13. The minimum absolute atomic E-state index is 0.0563. The van der Waals surface area contributed by atoms with E-state index in [1.807, 2.05) is 72.8 Å². The molecule has 0 radical (unpaired) electrons. The number of alkyl carbamates (subject to hydrolysis) is 1. The predicted molar refractivity (Wildman–Crippen MR) is 136 cm³/mol. The van der Waals surface area contributed by atoms with Crippen LogP contribution < -0.4 is 5.32 Å². The molecule has 0 unspecified atom stereocenters. The molecule has 0 bridgehead atoms. The van der Waals surface area contributed by atoms with Gasteiger partial charge in [0.2, 0.25) is 0 Å². The van der Waals surface area contributed by atoms with E-state index in [1.54, 1.807) is 12.1 Å². The summed E-state index contributed by atoms with van der Waals surface area (Å²) >= 11 is 0. The van der Waals surface area contributed by atoms with Crippen LogP contribution in [0.2, 0.25) is 0 Å². The molecule has 0 fully saturated rings. The fourth-order valence-electron chi connectivity index (χ4n) is 4.43. The fourth-order valence-corrected chi connectivity index (χ4v) is 4.43. The molecular weight excluding hydrogens is 422 g/mol. The Morgan fingerprint density at radius 1 is 0.794 bits per heavy atom. The van der Waals surface area contributed by atoms with Gasteiger partial charge in [-0.3, -0.25) is 0 Å². The Bertz CT molecular complexity index is 1280. The number of aromatic hydroxyl groups is 1. The topological polar surface area (TPSA) is 58.6 Å². The summed E-state index contributed by atoms with van der Waals surface area (Å²) in [7, 11) is 0. The number of nitrogens with one attached hydrogen (secondary N) is 1.